The summed E-state index contributed by atoms with van der Waals surface area (Å²) in [6.07, 6.45) is 0.802. The monoisotopic (exact) mass is 476 g/mol. The van der Waals surface area contributed by atoms with Crippen molar-refractivity contribution in [1.29, 1.82) is 0 Å². The summed E-state index contributed by atoms with van der Waals surface area (Å²) in [5.74, 6) is -2.20. The van der Waals surface area contributed by atoms with Gasteiger partial charge in [0, 0.05) is 23.2 Å². The van der Waals surface area contributed by atoms with Crippen LogP contribution in [0.3, 0.4) is 0 Å². The number of rotatable bonds is 9. The molecule has 0 aliphatic heterocycles. The molecule has 2 atom stereocenters. The SMILES string of the molecule is CSCCC(NC(=O)c1ccc(Cl)cc1Cl)C(=O)NCC(O)c1ccc(F)cc1F. The quantitative estimate of drug-likeness (QED) is 0.511. The predicted molar refractivity (Wildman–Crippen MR) is 115 cm³/mol. The van der Waals surface area contributed by atoms with Crippen LogP contribution in [0, 0.1) is 11.6 Å². The minimum absolute atomic E-state index is 0.144. The van der Waals surface area contributed by atoms with Gasteiger partial charge in [0.25, 0.3) is 5.91 Å². The van der Waals surface area contributed by atoms with E-state index in [1.807, 2.05) is 6.26 Å². The zero-order valence-electron chi connectivity index (χ0n) is 15.9. The fourth-order valence-corrected chi connectivity index (χ4v) is 3.58. The van der Waals surface area contributed by atoms with Crippen molar-refractivity contribution in [2.45, 2.75) is 18.6 Å². The van der Waals surface area contributed by atoms with Crippen molar-refractivity contribution in [3.63, 3.8) is 0 Å². The second-order valence-electron chi connectivity index (χ2n) is 6.36. The zero-order valence-corrected chi connectivity index (χ0v) is 18.3. The van der Waals surface area contributed by atoms with Gasteiger partial charge in [0.1, 0.15) is 17.7 Å². The van der Waals surface area contributed by atoms with E-state index >= 15 is 0 Å². The highest BCUT2D eigenvalue weighted by Gasteiger charge is 2.23. The fourth-order valence-electron chi connectivity index (χ4n) is 2.62. The van der Waals surface area contributed by atoms with E-state index in [0.29, 0.717) is 23.3 Å². The van der Waals surface area contributed by atoms with E-state index in [1.54, 1.807) is 0 Å². The molecule has 0 saturated carbocycles. The average Bonchev–Trinajstić information content (AvgIpc) is 2.68. The lowest BCUT2D eigenvalue weighted by Gasteiger charge is -2.20. The second-order valence-corrected chi connectivity index (χ2v) is 8.19. The lowest BCUT2D eigenvalue weighted by atomic mass is 10.1. The van der Waals surface area contributed by atoms with Crippen molar-refractivity contribution in [2.24, 2.45) is 0 Å². The molecule has 2 aromatic carbocycles. The fraction of sp³-hybridized carbons (Fsp3) is 0.300. The maximum absolute atomic E-state index is 13.8. The van der Waals surface area contributed by atoms with Crippen LogP contribution < -0.4 is 10.6 Å². The Labute approximate surface area is 187 Å². The van der Waals surface area contributed by atoms with Gasteiger partial charge in [0.15, 0.2) is 0 Å². The van der Waals surface area contributed by atoms with E-state index in [0.717, 1.165) is 12.1 Å². The maximum Gasteiger partial charge on any atom is 0.253 e. The Hall–Kier alpha value is -1.87. The van der Waals surface area contributed by atoms with Crippen molar-refractivity contribution in [3.05, 3.63) is 69.2 Å². The predicted octanol–water partition coefficient (Wildman–Crippen LogP) is 3.97. The standard InChI is InChI=1S/C20H20Cl2F2N2O3S/c1-30-7-6-17(26-19(28)13-4-2-11(21)8-15(13)22)20(29)25-10-18(27)14-5-3-12(23)9-16(14)24/h2-5,8-9,17-18,27H,6-7,10H2,1H3,(H,25,29)(H,26,28). The Balaban J connectivity index is 2.04. The number of thioether (sulfide) groups is 1. The molecule has 0 fully saturated rings. The summed E-state index contributed by atoms with van der Waals surface area (Å²) in [6, 6.07) is 6.25. The van der Waals surface area contributed by atoms with Crippen LogP contribution in [-0.4, -0.2) is 41.5 Å². The van der Waals surface area contributed by atoms with Gasteiger partial charge >= 0.3 is 0 Å². The molecule has 2 unspecified atom stereocenters. The average molecular weight is 477 g/mol. The maximum atomic E-state index is 13.8. The lowest BCUT2D eigenvalue weighted by molar-refractivity contribution is -0.123. The van der Waals surface area contributed by atoms with Crippen LogP contribution in [0.15, 0.2) is 36.4 Å². The number of hydrogen-bond acceptors (Lipinski definition) is 4. The number of aliphatic hydroxyl groups excluding tert-OH is 1. The number of carbonyl (C=O) groups is 2. The number of aliphatic hydroxyl groups is 1. The third-order valence-corrected chi connectivity index (χ3v) is 5.39. The molecule has 0 heterocycles. The number of hydrogen-bond donors (Lipinski definition) is 3. The molecule has 2 rings (SSSR count). The smallest absolute Gasteiger partial charge is 0.253 e. The van der Waals surface area contributed by atoms with Crippen molar-refractivity contribution in [3.8, 4) is 0 Å². The van der Waals surface area contributed by atoms with Crippen LogP contribution in [0.2, 0.25) is 10.0 Å². The van der Waals surface area contributed by atoms with Crippen LogP contribution in [-0.2, 0) is 4.79 Å². The molecule has 5 nitrogen and oxygen atoms in total. The Morgan fingerprint density at radius 1 is 1.17 bits per heavy atom. The number of nitrogens with one attached hydrogen (secondary N) is 2. The third-order valence-electron chi connectivity index (χ3n) is 4.20. The normalized spacial score (nSPS) is 12.9. The number of benzene rings is 2. The van der Waals surface area contributed by atoms with Crippen LogP contribution in [0.25, 0.3) is 0 Å². The van der Waals surface area contributed by atoms with E-state index in [4.69, 9.17) is 23.2 Å². The highest BCUT2D eigenvalue weighted by molar-refractivity contribution is 7.98. The molecule has 0 spiro atoms. The van der Waals surface area contributed by atoms with Crippen molar-refractivity contribution in [2.75, 3.05) is 18.6 Å². The summed E-state index contributed by atoms with van der Waals surface area (Å²) in [5.41, 5.74) is 0.0192. The first-order valence-electron chi connectivity index (χ1n) is 8.88. The van der Waals surface area contributed by atoms with Gasteiger partial charge in [-0.3, -0.25) is 9.59 Å². The van der Waals surface area contributed by atoms with E-state index < -0.39 is 35.6 Å². The first kappa shape index (κ1) is 24.4. The Kier molecular flexibility index (Phi) is 9.36. The van der Waals surface area contributed by atoms with E-state index in [2.05, 4.69) is 10.6 Å². The van der Waals surface area contributed by atoms with Gasteiger partial charge in [-0.05, 0) is 42.7 Å². The van der Waals surface area contributed by atoms with Gasteiger partial charge in [-0.15, -0.1) is 0 Å². The Morgan fingerprint density at radius 3 is 2.53 bits per heavy atom. The first-order valence-corrected chi connectivity index (χ1v) is 11.0. The number of amides is 2. The van der Waals surface area contributed by atoms with Crippen LogP contribution in [0.5, 0.6) is 0 Å². The molecule has 2 amide bonds. The van der Waals surface area contributed by atoms with Crippen molar-refractivity contribution < 1.29 is 23.5 Å². The van der Waals surface area contributed by atoms with E-state index in [-0.39, 0.29) is 22.7 Å². The minimum Gasteiger partial charge on any atom is -0.386 e. The molecule has 3 N–H and O–H groups in total. The molecule has 30 heavy (non-hydrogen) atoms. The highest BCUT2D eigenvalue weighted by atomic mass is 35.5. The molecular weight excluding hydrogens is 457 g/mol. The zero-order chi connectivity index (χ0) is 22.3. The van der Waals surface area contributed by atoms with Gasteiger partial charge in [0.05, 0.1) is 16.7 Å². The van der Waals surface area contributed by atoms with Crippen LogP contribution in [0.4, 0.5) is 8.78 Å². The first-order chi connectivity index (χ1) is 14.2. The summed E-state index contributed by atoms with van der Waals surface area (Å²) >= 11 is 13.4. The van der Waals surface area contributed by atoms with Crippen LogP contribution >= 0.6 is 35.0 Å². The second kappa shape index (κ2) is 11.5. The van der Waals surface area contributed by atoms with Gasteiger partial charge < -0.3 is 15.7 Å². The third kappa shape index (κ3) is 6.84. The summed E-state index contributed by atoms with van der Waals surface area (Å²) in [7, 11) is 0. The lowest BCUT2D eigenvalue weighted by Crippen LogP contribution is -2.48. The molecule has 0 aliphatic carbocycles. The number of halogens is 4. The summed E-state index contributed by atoms with van der Waals surface area (Å²) in [5, 5.41) is 15.7. The molecule has 10 heteroatoms. The molecular formula is C20H20Cl2F2N2O3S. The topological polar surface area (TPSA) is 78.4 Å². The van der Waals surface area contributed by atoms with E-state index in [1.165, 1.54) is 30.0 Å². The van der Waals surface area contributed by atoms with Gasteiger partial charge in [-0.25, -0.2) is 8.78 Å². The molecule has 0 radical (unpaired) electrons. The molecule has 0 aromatic heterocycles. The van der Waals surface area contributed by atoms with Gasteiger partial charge in [-0.2, -0.15) is 11.8 Å². The van der Waals surface area contributed by atoms with Crippen LogP contribution in [0.1, 0.15) is 28.4 Å². The number of carbonyl (C=O) groups excluding carboxylic acids is 2. The molecule has 0 saturated heterocycles. The Morgan fingerprint density at radius 2 is 1.90 bits per heavy atom. The molecule has 0 aliphatic rings. The van der Waals surface area contributed by atoms with Gasteiger partial charge in [0.2, 0.25) is 5.91 Å². The summed E-state index contributed by atoms with van der Waals surface area (Å²) < 4.78 is 26.8. The minimum atomic E-state index is -1.38. The molecule has 2 aromatic rings. The van der Waals surface area contributed by atoms with Gasteiger partial charge in [-0.1, -0.05) is 29.3 Å². The summed E-state index contributed by atoms with van der Waals surface area (Å²) in [4.78, 5) is 25.1. The Bertz CT molecular complexity index is 918. The molecule has 162 valence electrons. The largest absolute Gasteiger partial charge is 0.386 e. The summed E-state index contributed by atoms with van der Waals surface area (Å²) in [6.45, 7) is -0.311. The van der Waals surface area contributed by atoms with E-state index in [9.17, 15) is 23.5 Å². The van der Waals surface area contributed by atoms with Crippen molar-refractivity contribution >= 4 is 46.8 Å². The molecule has 0 bridgehead atoms. The highest BCUT2D eigenvalue weighted by Crippen LogP contribution is 2.21. The van der Waals surface area contributed by atoms with Crippen molar-refractivity contribution in [1.82, 2.24) is 10.6 Å².